The van der Waals surface area contributed by atoms with Gasteiger partial charge in [-0.3, -0.25) is 9.69 Å². The smallest absolute Gasteiger partial charge is 0.306 e. The number of nitrogens with zero attached hydrogens (tertiary/aromatic N) is 4. The molecule has 1 aliphatic heterocycles. The molecule has 0 spiro atoms. The normalized spacial score (nSPS) is 20.4. The Kier molecular flexibility index (Phi) is 5.08. The summed E-state index contributed by atoms with van der Waals surface area (Å²) in [5, 5.41) is 13.1. The summed E-state index contributed by atoms with van der Waals surface area (Å²) in [4.78, 5) is 17.2. The number of aliphatic carboxylic acids is 1. The number of rotatable bonds is 6. The largest absolute Gasteiger partial charge is 0.481 e. The van der Waals surface area contributed by atoms with Crippen LogP contribution in [0.2, 0.25) is 0 Å². The molecule has 1 saturated heterocycles. The minimum absolute atomic E-state index is 0.0508. The van der Waals surface area contributed by atoms with Crippen LogP contribution < -0.4 is 0 Å². The maximum atomic E-state index is 10.7. The number of hydrogen-bond donors (Lipinski definition) is 1. The standard InChI is InChI=1S/C13H22N4O3/c1-10(2)6-17-12(14-9-15-17)8-16-3-4-20-11(7-16)5-13(18)19/h9-11H,3-8H2,1-2H3,(H,18,19). The van der Waals surface area contributed by atoms with Crippen molar-refractivity contribution in [3.8, 4) is 0 Å². The van der Waals surface area contributed by atoms with E-state index in [1.807, 2.05) is 4.68 Å². The van der Waals surface area contributed by atoms with Crippen LogP contribution in [0.1, 0.15) is 26.1 Å². The van der Waals surface area contributed by atoms with Gasteiger partial charge >= 0.3 is 5.97 Å². The highest BCUT2D eigenvalue weighted by Gasteiger charge is 2.23. The number of ether oxygens (including phenoxy) is 1. The minimum atomic E-state index is -0.820. The highest BCUT2D eigenvalue weighted by Crippen LogP contribution is 2.12. The number of aromatic nitrogens is 3. The van der Waals surface area contributed by atoms with Crippen LogP contribution in [-0.2, 0) is 22.6 Å². The van der Waals surface area contributed by atoms with Crippen molar-refractivity contribution in [1.29, 1.82) is 0 Å². The van der Waals surface area contributed by atoms with Gasteiger partial charge in [0.1, 0.15) is 12.2 Å². The van der Waals surface area contributed by atoms with Gasteiger partial charge in [-0.1, -0.05) is 13.8 Å². The number of hydrogen-bond acceptors (Lipinski definition) is 5. The quantitative estimate of drug-likeness (QED) is 0.823. The summed E-state index contributed by atoms with van der Waals surface area (Å²) >= 11 is 0. The Labute approximate surface area is 118 Å². The van der Waals surface area contributed by atoms with Crippen molar-refractivity contribution >= 4 is 5.97 Å². The van der Waals surface area contributed by atoms with Gasteiger partial charge in [0.2, 0.25) is 0 Å². The Morgan fingerprint density at radius 1 is 1.60 bits per heavy atom. The molecule has 2 heterocycles. The summed E-state index contributed by atoms with van der Waals surface area (Å²) < 4.78 is 7.39. The first-order valence-corrected chi connectivity index (χ1v) is 6.97. The van der Waals surface area contributed by atoms with Crippen LogP contribution >= 0.6 is 0 Å². The summed E-state index contributed by atoms with van der Waals surface area (Å²) in [6, 6.07) is 0. The van der Waals surface area contributed by atoms with Crippen molar-refractivity contribution in [3.63, 3.8) is 0 Å². The summed E-state index contributed by atoms with van der Waals surface area (Å²) in [6.07, 6.45) is 1.39. The summed E-state index contributed by atoms with van der Waals surface area (Å²) in [5.74, 6) is 0.620. The summed E-state index contributed by atoms with van der Waals surface area (Å²) in [6.45, 7) is 7.80. The van der Waals surface area contributed by atoms with Crippen LogP contribution in [0.25, 0.3) is 0 Å². The fraction of sp³-hybridized carbons (Fsp3) is 0.769. The van der Waals surface area contributed by atoms with Crippen molar-refractivity contribution in [2.24, 2.45) is 5.92 Å². The zero-order valence-electron chi connectivity index (χ0n) is 12.0. The van der Waals surface area contributed by atoms with Gasteiger partial charge in [-0.2, -0.15) is 5.10 Å². The summed E-state index contributed by atoms with van der Waals surface area (Å²) in [7, 11) is 0. The second-order valence-corrected chi connectivity index (χ2v) is 5.58. The van der Waals surface area contributed by atoms with E-state index in [1.165, 1.54) is 0 Å². The predicted octanol–water partition coefficient (Wildman–Crippen LogP) is 0.610. The molecule has 0 aliphatic carbocycles. The summed E-state index contributed by atoms with van der Waals surface area (Å²) in [5.41, 5.74) is 0. The molecular formula is C13H22N4O3. The molecule has 1 atom stereocenters. The number of carboxylic acids is 1. The van der Waals surface area contributed by atoms with Crippen LogP contribution in [0.3, 0.4) is 0 Å². The lowest BCUT2D eigenvalue weighted by Gasteiger charge is -2.31. The molecule has 112 valence electrons. The van der Waals surface area contributed by atoms with Crippen LogP contribution in [0.15, 0.2) is 6.33 Å². The van der Waals surface area contributed by atoms with Gasteiger partial charge in [0.05, 0.1) is 25.7 Å². The van der Waals surface area contributed by atoms with E-state index in [4.69, 9.17) is 9.84 Å². The molecule has 1 unspecified atom stereocenters. The third kappa shape index (κ3) is 4.28. The molecule has 1 aliphatic rings. The van der Waals surface area contributed by atoms with Crippen molar-refractivity contribution in [1.82, 2.24) is 19.7 Å². The molecule has 1 aromatic rings. The Balaban J connectivity index is 1.92. The number of carbonyl (C=O) groups is 1. The molecule has 7 nitrogen and oxygen atoms in total. The molecule has 20 heavy (non-hydrogen) atoms. The average molecular weight is 282 g/mol. The Morgan fingerprint density at radius 2 is 2.40 bits per heavy atom. The van der Waals surface area contributed by atoms with Crippen LogP contribution in [0.5, 0.6) is 0 Å². The zero-order valence-corrected chi connectivity index (χ0v) is 12.0. The van der Waals surface area contributed by atoms with E-state index in [1.54, 1.807) is 6.33 Å². The Morgan fingerprint density at radius 3 is 3.10 bits per heavy atom. The van der Waals surface area contributed by atoms with Gasteiger partial charge in [0, 0.05) is 19.6 Å². The highest BCUT2D eigenvalue weighted by molar-refractivity contribution is 5.67. The number of carboxylic acid groups (broad SMARTS) is 1. The van der Waals surface area contributed by atoms with Crippen molar-refractivity contribution in [2.75, 3.05) is 19.7 Å². The molecule has 1 aromatic heterocycles. The molecule has 1 fully saturated rings. The lowest BCUT2D eigenvalue weighted by Crippen LogP contribution is -2.43. The molecular weight excluding hydrogens is 260 g/mol. The monoisotopic (exact) mass is 282 g/mol. The lowest BCUT2D eigenvalue weighted by atomic mass is 10.2. The van der Waals surface area contributed by atoms with Crippen molar-refractivity contribution in [3.05, 3.63) is 12.2 Å². The first-order valence-electron chi connectivity index (χ1n) is 6.97. The van der Waals surface area contributed by atoms with E-state index in [0.29, 0.717) is 25.6 Å². The van der Waals surface area contributed by atoms with Gasteiger partial charge in [-0.15, -0.1) is 0 Å². The van der Waals surface area contributed by atoms with Crippen LogP contribution in [0.4, 0.5) is 0 Å². The van der Waals surface area contributed by atoms with Crippen LogP contribution in [0, 0.1) is 5.92 Å². The Hall–Kier alpha value is -1.47. The topological polar surface area (TPSA) is 80.5 Å². The first-order chi connectivity index (χ1) is 9.54. The van der Waals surface area contributed by atoms with Gasteiger partial charge in [0.25, 0.3) is 0 Å². The molecule has 0 bridgehead atoms. The van der Waals surface area contributed by atoms with E-state index in [9.17, 15) is 4.79 Å². The lowest BCUT2D eigenvalue weighted by molar-refractivity contribution is -0.142. The average Bonchev–Trinajstić information content (AvgIpc) is 2.75. The highest BCUT2D eigenvalue weighted by atomic mass is 16.5. The van der Waals surface area contributed by atoms with E-state index in [-0.39, 0.29) is 12.5 Å². The fourth-order valence-electron chi connectivity index (χ4n) is 2.35. The van der Waals surface area contributed by atoms with Crippen molar-refractivity contribution in [2.45, 2.75) is 39.5 Å². The third-order valence-corrected chi connectivity index (χ3v) is 3.22. The second-order valence-electron chi connectivity index (χ2n) is 5.58. The van der Waals surface area contributed by atoms with Crippen LogP contribution in [-0.4, -0.2) is 56.5 Å². The first kappa shape index (κ1) is 14.9. The SMILES string of the molecule is CC(C)Cn1ncnc1CN1CCOC(CC(=O)O)C1. The van der Waals surface area contributed by atoms with Gasteiger partial charge in [-0.05, 0) is 5.92 Å². The molecule has 0 amide bonds. The maximum Gasteiger partial charge on any atom is 0.306 e. The molecule has 1 N–H and O–H groups in total. The molecule has 0 radical (unpaired) electrons. The zero-order chi connectivity index (χ0) is 14.5. The minimum Gasteiger partial charge on any atom is -0.481 e. The maximum absolute atomic E-state index is 10.7. The van der Waals surface area contributed by atoms with E-state index in [2.05, 4.69) is 28.8 Å². The van der Waals surface area contributed by atoms with Crippen molar-refractivity contribution < 1.29 is 14.6 Å². The second kappa shape index (κ2) is 6.81. The van der Waals surface area contributed by atoms with E-state index in [0.717, 1.165) is 18.9 Å². The van der Waals surface area contributed by atoms with Gasteiger partial charge in [-0.25, -0.2) is 9.67 Å². The molecule has 0 saturated carbocycles. The van der Waals surface area contributed by atoms with Gasteiger partial charge in [0.15, 0.2) is 0 Å². The number of morpholine rings is 1. The predicted molar refractivity (Wildman–Crippen MR) is 72.1 cm³/mol. The van der Waals surface area contributed by atoms with Gasteiger partial charge < -0.3 is 9.84 Å². The van der Waals surface area contributed by atoms with E-state index >= 15 is 0 Å². The molecule has 2 rings (SSSR count). The fourth-order valence-corrected chi connectivity index (χ4v) is 2.35. The third-order valence-electron chi connectivity index (χ3n) is 3.22. The molecule has 7 heteroatoms. The van der Waals surface area contributed by atoms with E-state index < -0.39 is 5.97 Å². The Bertz CT molecular complexity index is 447. The molecule has 0 aromatic carbocycles.